The summed E-state index contributed by atoms with van der Waals surface area (Å²) in [5.41, 5.74) is 4.16. The first-order valence-electron chi connectivity index (χ1n) is 12.5. The summed E-state index contributed by atoms with van der Waals surface area (Å²) in [6, 6.07) is 16.3. The number of carbonyl (C=O) groups excluding carboxylic acids is 2. The summed E-state index contributed by atoms with van der Waals surface area (Å²) in [7, 11) is 1.39. The van der Waals surface area contributed by atoms with Crippen LogP contribution in [0.5, 0.6) is 0 Å². The van der Waals surface area contributed by atoms with Crippen molar-refractivity contribution in [1.82, 2.24) is 9.88 Å². The number of unbranched alkanes of at least 4 members (excludes halogenated alkanes) is 1. The molecular weight excluding hydrogens is 440 g/mol. The van der Waals surface area contributed by atoms with Gasteiger partial charge in [0.05, 0.1) is 18.4 Å². The minimum Gasteiger partial charge on any atom is -0.465 e. The number of aliphatic hydroxyl groups excluding tert-OH is 1. The summed E-state index contributed by atoms with van der Waals surface area (Å²) in [5.74, 6) is 0.441. The number of pyridine rings is 1. The van der Waals surface area contributed by atoms with Crippen molar-refractivity contribution in [3.8, 4) is 11.3 Å². The monoisotopic (exact) mass is 472 g/mol. The summed E-state index contributed by atoms with van der Waals surface area (Å²) < 4.78 is 4.89. The van der Waals surface area contributed by atoms with Gasteiger partial charge >= 0.3 is 5.97 Å². The quantitative estimate of drug-likeness (QED) is 0.389. The second-order valence-corrected chi connectivity index (χ2v) is 9.89. The van der Waals surface area contributed by atoms with Crippen molar-refractivity contribution in [2.45, 2.75) is 44.4 Å². The summed E-state index contributed by atoms with van der Waals surface area (Å²) in [6.45, 7) is 1.85. The zero-order valence-corrected chi connectivity index (χ0v) is 20.2. The number of methoxy groups -OCH3 is 1. The Hall–Kier alpha value is -3.25. The molecule has 2 aliphatic rings. The Morgan fingerprint density at radius 3 is 2.60 bits per heavy atom. The van der Waals surface area contributed by atoms with Gasteiger partial charge in [-0.1, -0.05) is 36.4 Å². The van der Waals surface area contributed by atoms with E-state index in [1.165, 1.54) is 19.1 Å². The molecule has 1 unspecified atom stereocenters. The average Bonchev–Trinajstić information content (AvgIpc) is 3.60. The minimum atomic E-state index is -0.357. The molecule has 1 N–H and O–H groups in total. The molecule has 5 rings (SSSR count). The van der Waals surface area contributed by atoms with Crippen LogP contribution < -0.4 is 0 Å². The van der Waals surface area contributed by atoms with E-state index in [9.17, 15) is 9.59 Å². The largest absolute Gasteiger partial charge is 0.465 e. The maximum atomic E-state index is 12.4. The second kappa shape index (κ2) is 9.78. The number of benzene rings is 2. The Kier molecular flexibility index (Phi) is 6.56. The fourth-order valence-corrected chi connectivity index (χ4v) is 5.62. The number of fused-ring (bicyclic) bond motifs is 1. The van der Waals surface area contributed by atoms with E-state index in [1.807, 2.05) is 23.1 Å². The maximum absolute atomic E-state index is 12.4. The molecule has 2 aromatic carbocycles. The first-order chi connectivity index (χ1) is 17.0. The van der Waals surface area contributed by atoms with Gasteiger partial charge < -0.3 is 14.7 Å². The van der Waals surface area contributed by atoms with Crippen LogP contribution in [0.2, 0.25) is 0 Å². The van der Waals surface area contributed by atoms with Crippen LogP contribution in [0.4, 0.5) is 0 Å². The zero-order chi connectivity index (χ0) is 24.4. The van der Waals surface area contributed by atoms with Crippen LogP contribution in [0.1, 0.15) is 60.4 Å². The molecule has 1 spiro atoms. The summed E-state index contributed by atoms with van der Waals surface area (Å²) in [5, 5.41) is 10.7. The Morgan fingerprint density at radius 1 is 1.11 bits per heavy atom. The number of rotatable bonds is 7. The fraction of sp³-hybridized carbons (Fsp3) is 0.414. The molecule has 1 saturated heterocycles. The van der Waals surface area contributed by atoms with Gasteiger partial charge in [0, 0.05) is 43.3 Å². The lowest BCUT2D eigenvalue weighted by molar-refractivity contribution is -0.132. The van der Waals surface area contributed by atoms with Crippen LogP contribution in [0.3, 0.4) is 0 Å². The summed E-state index contributed by atoms with van der Waals surface area (Å²) >= 11 is 0. The molecule has 6 nitrogen and oxygen atoms in total. The highest BCUT2D eigenvalue weighted by atomic mass is 16.5. The zero-order valence-electron chi connectivity index (χ0n) is 20.2. The van der Waals surface area contributed by atoms with E-state index in [4.69, 9.17) is 9.84 Å². The number of carbonyl (C=O) groups is 2. The number of hydrogen-bond acceptors (Lipinski definition) is 5. The standard InChI is InChI=1S/C29H32N2O4/c1-35-28(34)23-6-4-5-22-17-26(30-19-24(22)23)21-10-8-20(9-11-21)25-18-29(25)12-14-31(15-13-29)27(33)7-2-3-16-32/h4-6,8-11,17,19,25,32H,2-3,7,12-16,18H2,1H3. The first kappa shape index (κ1) is 23.5. The molecule has 1 amide bonds. The molecule has 1 saturated carbocycles. The molecule has 1 aliphatic heterocycles. The lowest BCUT2D eigenvalue weighted by atomic mass is 9.88. The predicted octanol–water partition coefficient (Wildman–Crippen LogP) is 4.95. The van der Waals surface area contributed by atoms with Gasteiger partial charge in [-0.2, -0.15) is 0 Å². The highest BCUT2D eigenvalue weighted by Gasteiger charge is 2.55. The number of esters is 1. The molecule has 0 radical (unpaired) electrons. The molecule has 1 atom stereocenters. The van der Waals surface area contributed by atoms with Crippen molar-refractivity contribution in [1.29, 1.82) is 0 Å². The second-order valence-electron chi connectivity index (χ2n) is 9.89. The highest BCUT2D eigenvalue weighted by Crippen LogP contribution is 2.65. The Bertz CT molecular complexity index is 1230. The number of amides is 1. The van der Waals surface area contributed by atoms with Crippen LogP contribution in [0, 0.1) is 5.41 Å². The number of aliphatic hydroxyl groups is 1. The van der Waals surface area contributed by atoms with Gasteiger partial charge in [-0.15, -0.1) is 0 Å². The Morgan fingerprint density at radius 2 is 1.89 bits per heavy atom. The number of hydrogen-bond donors (Lipinski definition) is 1. The average molecular weight is 473 g/mol. The van der Waals surface area contributed by atoms with Crippen LogP contribution >= 0.6 is 0 Å². The number of likely N-dealkylation sites (tertiary alicyclic amines) is 1. The molecule has 1 aliphatic carbocycles. The van der Waals surface area contributed by atoms with Crippen LogP contribution in [-0.2, 0) is 9.53 Å². The summed E-state index contributed by atoms with van der Waals surface area (Å²) in [6.07, 6.45) is 7.10. The van der Waals surface area contributed by atoms with Crippen molar-refractivity contribution in [2.75, 3.05) is 26.8 Å². The SMILES string of the molecule is COC(=O)c1cccc2cc(-c3ccc(C4CC45CCN(C(=O)CCCCO)CC5)cc3)ncc12. The normalized spacial score (nSPS) is 18.6. The lowest BCUT2D eigenvalue weighted by Gasteiger charge is -2.33. The molecule has 6 heteroatoms. The van der Waals surface area contributed by atoms with Crippen molar-refractivity contribution in [3.63, 3.8) is 0 Å². The van der Waals surface area contributed by atoms with E-state index < -0.39 is 0 Å². The van der Waals surface area contributed by atoms with E-state index in [1.54, 1.807) is 12.3 Å². The summed E-state index contributed by atoms with van der Waals surface area (Å²) in [4.78, 5) is 31.1. The number of nitrogens with zero attached hydrogens (tertiary/aromatic N) is 2. The van der Waals surface area contributed by atoms with Crippen molar-refractivity contribution < 1.29 is 19.4 Å². The minimum absolute atomic E-state index is 0.157. The van der Waals surface area contributed by atoms with Gasteiger partial charge in [-0.05, 0) is 66.5 Å². The molecule has 3 aromatic rings. The van der Waals surface area contributed by atoms with Crippen LogP contribution in [-0.4, -0.2) is 53.7 Å². The van der Waals surface area contributed by atoms with E-state index in [2.05, 4.69) is 29.2 Å². The van der Waals surface area contributed by atoms with Gasteiger partial charge in [-0.25, -0.2) is 4.79 Å². The Labute approximate surface area is 205 Å². The van der Waals surface area contributed by atoms with Gasteiger partial charge in [-0.3, -0.25) is 9.78 Å². The topological polar surface area (TPSA) is 79.7 Å². The van der Waals surface area contributed by atoms with E-state index in [0.717, 1.165) is 54.4 Å². The third-order valence-corrected chi connectivity index (χ3v) is 7.88. The molecular formula is C29H32N2O4. The molecule has 2 heterocycles. The molecule has 182 valence electrons. The third-order valence-electron chi connectivity index (χ3n) is 7.88. The fourth-order valence-electron chi connectivity index (χ4n) is 5.62. The van der Waals surface area contributed by atoms with E-state index >= 15 is 0 Å². The van der Waals surface area contributed by atoms with Crippen molar-refractivity contribution in [3.05, 3.63) is 65.9 Å². The van der Waals surface area contributed by atoms with E-state index in [-0.39, 0.29) is 18.5 Å². The Balaban J connectivity index is 1.24. The number of aromatic nitrogens is 1. The third kappa shape index (κ3) is 4.67. The predicted molar refractivity (Wildman–Crippen MR) is 135 cm³/mol. The molecule has 1 aromatic heterocycles. The van der Waals surface area contributed by atoms with Gasteiger partial charge in [0.15, 0.2) is 0 Å². The first-order valence-corrected chi connectivity index (χ1v) is 12.5. The highest BCUT2D eigenvalue weighted by molar-refractivity contribution is 6.04. The van der Waals surface area contributed by atoms with Crippen LogP contribution in [0.25, 0.3) is 22.0 Å². The van der Waals surface area contributed by atoms with Crippen molar-refractivity contribution in [2.24, 2.45) is 5.41 Å². The van der Waals surface area contributed by atoms with Crippen molar-refractivity contribution >= 4 is 22.6 Å². The number of piperidine rings is 1. The van der Waals surface area contributed by atoms with Crippen LogP contribution in [0.15, 0.2) is 54.7 Å². The van der Waals surface area contributed by atoms with Gasteiger partial charge in [0.2, 0.25) is 5.91 Å². The molecule has 0 bridgehead atoms. The van der Waals surface area contributed by atoms with Gasteiger partial charge in [0.1, 0.15) is 0 Å². The maximum Gasteiger partial charge on any atom is 0.338 e. The van der Waals surface area contributed by atoms with E-state index in [0.29, 0.717) is 29.7 Å². The smallest absolute Gasteiger partial charge is 0.338 e. The molecule has 35 heavy (non-hydrogen) atoms. The lowest BCUT2D eigenvalue weighted by Crippen LogP contribution is -2.39. The van der Waals surface area contributed by atoms with Gasteiger partial charge in [0.25, 0.3) is 0 Å². The number of ether oxygens (including phenoxy) is 1. The molecule has 2 fully saturated rings.